The Kier molecular flexibility index (Phi) is 9.65. The predicted octanol–water partition coefficient (Wildman–Crippen LogP) is 11.8. The van der Waals surface area contributed by atoms with Gasteiger partial charge in [-0.25, -0.2) is 19.9 Å². The third kappa shape index (κ3) is 6.36. The van der Waals surface area contributed by atoms with Crippen LogP contribution in [-0.2, 0) is 11.8 Å². The van der Waals surface area contributed by atoms with Crippen molar-refractivity contribution >= 4 is 118 Å². The van der Waals surface area contributed by atoms with Crippen LogP contribution < -0.4 is 20.7 Å². The molecule has 0 atom stereocenters. The lowest BCUT2D eigenvalue weighted by molar-refractivity contribution is -0.361. The molecule has 0 aliphatic carbocycles. The fourth-order valence-electron chi connectivity index (χ4n) is 8.20. The molecule has 0 aliphatic rings. The zero-order valence-corrected chi connectivity index (χ0v) is 39.4. The van der Waals surface area contributed by atoms with Crippen molar-refractivity contribution < 1.29 is 61.5 Å². The second kappa shape index (κ2) is 12.9. The van der Waals surface area contributed by atoms with Crippen LogP contribution in [0, 0.1) is 0 Å². The van der Waals surface area contributed by atoms with Crippen LogP contribution in [0.5, 0.6) is 0 Å². The van der Waals surface area contributed by atoms with E-state index in [1.54, 1.807) is 103 Å². The van der Waals surface area contributed by atoms with Gasteiger partial charge in [0.25, 0.3) is 0 Å². The molecule has 334 valence electrons. The Bertz CT molecular complexity index is 2640. The van der Waals surface area contributed by atoms with Crippen molar-refractivity contribution in [3.8, 4) is 0 Å². The average Bonchev–Trinajstić information content (AvgIpc) is 3.08. The van der Waals surface area contributed by atoms with E-state index in [0.29, 0.717) is 53.1 Å². The zero-order chi connectivity index (χ0) is 47.0. The van der Waals surface area contributed by atoms with E-state index in [9.17, 15) is 43.9 Å². The minimum atomic E-state index is -6.67. The van der Waals surface area contributed by atoms with Crippen molar-refractivity contribution in [2.45, 2.75) is 115 Å². The molecule has 7 aromatic rings. The van der Waals surface area contributed by atoms with Crippen LogP contribution in [0.4, 0.5) is 61.5 Å². The molecule has 0 saturated carbocycles. The number of halogens is 14. The first-order valence-electron chi connectivity index (χ1n) is 19.2. The lowest BCUT2D eigenvalue weighted by Gasteiger charge is -2.31. The Morgan fingerprint density at radius 1 is 0.323 bits per heavy atom. The van der Waals surface area contributed by atoms with Gasteiger partial charge in [0.1, 0.15) is 0 Å². The highest BCUT2D eigenvalue weighted by Crippen LogP contribution is 2.54. The summed E-state index contributed by atoms with van der Waals surface area (Å²) >= 11 is 0. The van der Waals surface area contributed by atoms with E-state index in [4.69, 9.17) is 0 Å². The quantitative estimate of drug-likeness (QED) is 0.0659. The number of hydrogen-bond donors (Lipinski definition) is 0. The number of nitrogens with zero attached hydrogens (tertiary/aromatic N) is 4. The monoisotopic (exact) mass is 954 g/mol. The van der Waals surface area contributed by atoms with Crippen molar-refractivity contribution in [1.82, 2.24) is 19.9 Å². The smallest absolute Gasteiger partial charge is 0.227 e. The fourth-order valence-corrected chi connectivity index (χ4v) is 14.1. The second-order valence-corrected chi connectivity index (χ2v) is 40.3. The van der Waals surface area contributed by atoms with Crippen LogP contribution >= 0.6 is 0 Å². The molecule has 0 unspecified atom stereocenters. The summed E-state index contributed by atoms with van der Waals surface area (Å²) in [5.41, 5.74) is -0.930. The van der Waals surface area contributed by atoms with Gasteiger partial charge < -0.3 is 0 Å². The molecule has 2 aromatic heterocycles. The van der Waals surface area contributed by atoms with Crippen LogP contribution in [0.15, 0.2) is 24.3 Å². The van der Waals surface area contributed by atoms with Crippen molar-refractivity contribution in [2.24, 2.45) is 0 Å². The van der Waals surface area contributed by atoms with Crippen molar-refractivity contribution in [1.29, 1.82) is 0 Å². The van der Waals surface area contributed by atoms with Gasteiger partial charge in [0.2, 0.25) is 11.6 Å². The van der Waals surface area contributed by atoms with Gasteiger partial charge in [-0.1, -0.05) is 103 Å². The number of benzene rings is 5. The first-order valence-corrected chi connectivity index (χ1v) is 33.2. The second-order valence-electron chi connectivity index (χ2n) is 20.2. The highest BCUT2D eigenvalue weighted by Gasteiger charge is 2.76. The van der Waals surface area contributed by atoms with Crippen LogP contribution in [0.3, 0.4) is 0 Å². The molecule has 7 rings (SSSR count). The number of rotatable bonds is 8. The van der Waals surface area contributed by atoms with E-state index in [0.717, 1.165) is 0 Å². The number of hydrogen-bond acceptors (Lipinski definition) is 4. The molecular weight excluding hydrogens is 915 g/mol. The minimum Gasteiger partial charge on any atom is -0.227 e. The molecule has 0 fully saturated rings. The third-order valence-electron chi connectivity index (χ3n) is 11.4. The maximum atomic E-state index is 15.7. The topological polar surface area (TPSA) is 51.6 Å². The lowest BCUT2D eigenvalue weighted by Crippen LogP contribution is -2.51. The summed E-state index contributed by atoms with van der Waals surface area (Å²) in [4.78, 5) is 15.7. The first-order chi connectivity index (χ1) is 27.6. The molecule has 22 heteroatoms. The highest BCUT2D eigenvalue weighted by molar-refractivity contribution is 6.93. The SMILES string of the molecule is C[Si](C)(C)c1cc2c3cc([Si](C)(C)C)c4nc(C(F)(F)C(F)(F)C(F)(F)F)nc5c([Si](C)(C)C)cc(c6cc([Si](C)(C)C)c7nc(C(F)(F)C(F)(F)C(F)(F)F)nc1c7c26)c3c45. The maximum absolute atomic E-state index is 15.7. The molecule has 0 bridgehead atoms. The van der Waals surface area contributed by atoms with Crippen LogP contribution in [0.25, 0.3) is 65.2 Å². The van der Waals surface area contributed by atoms with Gasteiger partial charge >= 0.3 is 36.0 Å². The van der Waals surface area contributed by atoms with Gasteiger partial charge in [-0.05, 0) is 42.3 Å². The van der Waals surface area contributed by atoms with E-state index in [1.165, 1.54) is 0 Å². The summed E-state index contributed by atoms with van der Waals surface area (Å²) in [6.45, 7) is 21.4. The molecule has 0 amide bonds. The molecule has 62 heavy (non-hydrogen) atoms. The van der Waals surface area contributed by atoms with Gasteiger partial charge in [-0.3, -0.25) is 0 Å². The Balaban J connectivity index is 1.83. The summed E-state index contributed by atoms with van der Waals surface area (Å²) in [5, 5.41) is 3.86. The lowest BCUT2D eigenvalue weighted by atomic mass is 9.88. The number of aromatic nitrogens is 4. The first kappa shape index (κ1) is 46.2. The van der Waals surface area contributed by atoms with Crippen molar-refractivity contribution in [3.63, 3.8) is 0 Å². The molecule has 5 aromatic carbocycles. The van der Waals surface area contributed by atoms with E-state index in [2.05, 4.69) is 19.9 Å². The molecule has 0 radical (unpaired) electrons. The molecule has 0 N–H and O–H groups in total. The summed E-state index contributed by atoms with van der Waals surface area (Å²) in [6, 6.07) is 6.46. The maximum Gasteiger partial charge on any atom is 0.460 e. The molecule has 0 saturated heterocycles. The van der Waals surface area contributed by atoms with Crippen LogP contribution in [0.2, 0.25) is 78.6 Å². The van der Waals surface area contributed by atoms with Gasteiger partial charge in [-0.2, -0.15) is 61.5 Å². The van der Waals surface area contributed by atoms with E-state index in [1.807, 2.05) is 0 Å². The van der Waals surface area contributed by atoms with E-state index in [-0.39, 0.29) is 32.8 Å². The molecule has 0 aliphatic heterocycles. The normalized spacial score (nSPS) is 15.3. The number of alkyl halides is 14. The fraction of sp³-hybridized carbons (Fsp3) is 0.450. The molecule has 0 spiro atoms. The van der Waals surface area contributed by atoms with E-state index < -0.39 is 80.0 Å². The van der Waals surface area contributed by atoms with Gasteiger partial charge in [0, 0.05) is 21.5 Å². The van der Waals surface area contributed by atoms with Gasteiger partial charge in [0.15, 0.2) is 0 Å². The minimum absolute atomic E-state index is 0.145. The largest absolute Gasteiger partial charge is 0.460 e. The van der Waals surface area contributed by atoms with E-state index >= 15 is 17.6 Å². The Morgan fingerprint density at radius 2 is 0.516 bits per heavy atom. The standard InChI is InChI=1S/C40H40F14N4Si4/c1-59(2,3)21-13-17-18-14-23(61(7,8)9)31-28-26(18)20(16-24(62(10,11)12)32(28)58-34(57-31)36(43,44)38(47,48)40(52,53)54)19-15-22(60(4,5)6)30-27(25(17)19)29(21)55-33(56-30)35(41,42)37(45,46)39(49,50)51/h13-16H,1-12H3. The third-order valence-corrected chi connectivity index (χ3v) is 19.4. The molecule has 4 nitrogen and oxygen atoms in total. The molecule has 2 heterocycles. The summed E-state index contributed by atoms with van der Waals surface area (Å²) in [5.74, 6) is -28.9. The average molecular weight is 955 g/mol. The number of fused-ring (bicyclic) bond motifs is 2. The Hall–Kier alpha value is -3.77. The van der Waals surface area contributed by atoms with Gasteiger partial charge in [0.05, 0.1) is 54.4 Å². The summed E-state index contributed by atoms with van der Waals surface area (Å²) in [6.07, 6.45) is -13.3. The Labute approximate surface area is 349 Å². The summed E-state index contributed by atoms with van der Waals surface area (Å²) < 4.78 is 204. The predicted molar refractivity (Wildman–Crippen MR) is 227 cm³/mol. The summed E-state index contributed by atoms with van der Waals surface area (Å²) in [7, 11) is -11.5. The Morgan fingerprint density at radius 3 is 0.677 bits per heavy atom. The zero-order valence-electron chi connectivity index (χ0n) is 35.4. The van der Waals surface area contributed by atoms with Crippen LogP contribution in [0.1, 0.15) is 11.6 Å². The molecular formula is C40H40F14N4Si4. The van der Waals surface area contributed by atoms with Gasteiger partial charge in [-0.15, -0.1) is 0 Å². The highest BCUT2D eigenvalue weighted by atomic mass is 28.3. The van der Waals surface area contributed by atoms with Crippen molar-refractivity contribution in [2.75, 3.05) is 0 Å². The van der Waals surface area contributed by atoms with Crippen molar-refractivity contribution in [3.05, 3.63) is 35.9 Å². The van der Waals surface area contributed by atoms with Crippen LogP contribution in [-0.4, -0.2) is 76.4 Å².